The highest BCUT2D eigenvalue weighted by atomic mass is 16.5. The molecule has 4 heteroatoms. The molecule has 0 bridgehead atoms. The van der Waals surface area contributed by atoms with Crippen molar-refractivity contribution in [2.75, 3.05) is 28.4 Å². The maximum Gasteiger partial charge on any atom is 0.0835 e. The summed E-state index contributed by atoms with van der Waals surface area (Å²) in [5.74, 6) is 3.08. The van der Waals surface area contributed by atoms with Crippen molar-refractivity contribution in [2.45, 2.75) is 89.6 Å². The van der Waals surface area contributed by atoms with Gasteiger partial charge in [0.2, 0.25) is 0 Å². The summed E-state index contributed by atoms with van der Waals surface area (Å²) in [4.78, 5) is 0. The Kier molecular flexibility index (Phi) is 9.36. The van der Waals surface area contributed by atoms with E-state index in [1.54, 1.807) is 0 Å². The van der Waals surface area contributed by atoms with Crippen molar-refractivity contribution >= 4 is 0 Å². The van der Waals surface area contributed by atoms with Gasteiger partial charge in [0.1, 0.15) is 0 Å². The molecule has 2 aliphatic rings. The third-order valence-electron chi connectivity index (χ3n) is 7.27. The molecule has 0 N–H and O–H groups in total. The zero-order valence-electron chi connectivity index (χ0n) is 17.9. The molecule has 26 heavy (non-hydrogen) atoms. The van der Waals surface area contributed by atoms with Gasteiger partial charge in [-0.1, -0.05) is 13.8 Å². The maximum atomic E-state index is 5.68. The van der Waals surface area contributed by atoms with Crippen LogP contribution in [0.5, 0.6) is 0 Å². The van der Waals surface area contributed by atoms with Crippen LogP contribution in [0.25, 0.3) is 0 Å². The Morgan fingerprint density at radius 2 is 0.923 bits per heavy atom. The molecule has 154 valence electrons. The van der Waals surface area contributed by atoms with Gasteiger partial charge < -0.3 is 18.9 Å². The van der Waals surface area contributed by atoms with Gasteiger partial charge in [-0.05, 0) is 75.0 Å². The van der Waals surface area contributed by atoms with Crippen LogP contribution in [0.3, 0.4) is 0 Å². The molecular formula is C22H42O4. The average Bonchev–Trinajstić information content (AvgIpc) is 2.67. The van der Waals surface area contributed by atoms with Gasteiger partial charge in [-0.3, -0.25) is 0 Å². The number of rotatable bonds is 9. The molecule has 4 nitrogen and oxygen atoms in total. The smallest absolute Gasteiger partial charge is 0.0835 e. The van der Waals surface area contributed by atoms with Gasteiger partial charge in [-0.25, -0.2) is 0 Å². The first-order valence-electron chi connectivity index (χ1n) is 10.6. The summed E-state index contributed by atoms with van der Waals surface area (Å²) in [6.45, 7) is 4.90. The Morgan fingerprint density at radius 1 is 0.577 bits per heavy atom. The molecule has 0 aromatic rings. The van der Waals surface area contributed by atoms with Gasteiger partial charge in [-0.2, -0.15) is 0 Å². The van der Waals surface area contributed by atoms with E-state index in [9.17, 15) is 0 Å². The predicted octanol–water partition coefficient (Wildman–Crippen LogP) is 4.70. The minimum atomic E-state index is 0.271. The Hall–Kier alpha value is -0.160. The minimum absolute atomic E-state index is 0.271. The summed E-state index contributed by atoms with van der Waals surface area (Å²) in [5, 5.41) is 0. The van der Waals surface area contributed by atoms with Crippen LogP contribution in [0, 0.1) is 23.7 Å². The van der Waals surface area contributed by atoms with Crippen molar-refractivity contribution in [3.05, 3.63) is 0 Å². The lowest BCUT2D eigenvalue weighted by Gasteiger charge is -2.38. The maximum absolute atomic E-state index is 5.68. The van der Waals surface area contributed by atoms with Gasteiger partial charge in [0.25, 0.3) is 0 Å². The van der Waals surface area contributed by atoms with Crippen LogP contribution < -0.4 is 0 Å². The van der Waals surface area contributed by atoms with E-state index in [2.05, 4.69) is 13.8 Å². The monoisotopic (exact) mass is 370 g/mol. The fraction of sp³-hybridized carbons (Fsp3) is 1.00. The molecular weight excluding hydrogens is 328 g/mol. The molecule has 2 aliphatic carbocycles. The Labute approximate surface area is 161 Å². The van der Waals surface area contributed by atoms with Crippen LogP contribution in [0.2, 0.25) is 0 Å². The second-order valence-corrected chi connectivity index (χ2v) is 8.88. The third-order valence-corrected chi connectivity index (χ3v) is 7.27. The lowest BCUT2D eigenvalue weighted by atomic mass is 9.73. The zero-order chi connectivity index (χ0) is 19.1. The number of methoxy groups -OCH3 is 4. The highest BCUT2D eigenvalue weighted by molar-refractivity contribution is 4.85. The van der Waals surface area contributed by atoms with Gasteiger partial charge in [0, 0.05) is 28.4 Å². The van der Waals surface area contributed by atoms with Crippen LogP contribution in [-0.4, -0.2) is 52.9 Å². The van der Waals surface area contributed by atoms with E-state index in [1.165, 1.54) is 25.7 Å². The molecule has 8 atom stereocenters. The van der Waals surface area contributed by atoms with E-state index in [0.717, 1.165) is 49.4 Å². The van der Waals surface area contributed by atoms with Crippen LogP contribution in [-0.2, 0) is 18.9 Å². The van der Waals surface area contributed by atoms with Gasteiger partial charge >= 0.3 is 0 Å². The fourth-order valence-corrected chi connectivity index (χ4v) is 5.35. The summed E-state index contributed by atoms with van der Waals surface area (Å²) in [5.41, 5.74) is 0. The van der Waals surface area contributed by atoms with Crippen molar-refractivity contribution in [3.8, 4) is 0 Å². The van der Waals surface area contributed by atoms with Gasteiger partial charge in [-0.15, -0.1) is 0 Å². The molecule has 0 radical (unpaired) electrons. The number of ether oxygens (including phenoxy) is 4. The molecule has 0 aromatic heterocycles. The summed E-state index contributed by atoms with van der Waals surface area (Å²) >= 11 is 0. The summed E-state index contributed by atoms with van der Waals surface area (Å²) in [7, 11) is 7.28. The Morgan fingerprint density at radius 3 is 1.23 bits per heavy atom. The Balaban J connectivity index is 1.78. The van der Waals surface area contributed by atoms with Crippen molar-refractivity contribution < 1.29 is 18.9 Å². The normalized spacial score (nSPS) is 38.1. The first-order valence-corrected chi connectivity index (χ1v) is 10.6. The Bertz CT molecular complexity index is 352. The zero-order valence-corrected chi connectivity index (χ0v) is 17.9. The molecule has 2 fully saturated rings. The predicted molar refractivity (Wildman–Crippen MR) is 105 cm³/mol. The highest BCUT2D eigenvalue weighted by Crippen LogP contribution is 2.38. The molecule has 0 amide bonds. The van der Waals surface area contributed by atoms with Crippen LogP contribution in [0.4, 0.5) is 0 Å². The van der Waals surface area contributed by atoms with Crippen LogP contribution >= 0.6 is 0 Å². The van der Waals surface area contributed by atoms with Gasteiger partial charge in [0.15, 0.2) is 0 Å². The largest absolute Gasteiger partial charge is 0.379 e. The molecule has 0 aromatic carbocycles. The number of hydrogen-bond acceptors (Lipinski definition) is 4. The van der Waals surface area contributed by atoms with E-state index < -0.39 is 0 Å². The fourth-order valence-electron chi connectivity index (χ4n) is 5.35. The van der Waals surface area contributed by atoms with Gasteiger partial charge in [0.05, 0.1) is 24.4 Å². The molecule has 2 rings (SSSR count). The van der Waals surface area contributed by atoms with E-state index in [-0.39, 0.29) is 24.4 Å². The lowest BCUT2D eigenvalue weighted by Crippen LogP contribution is -2.38. The summed E-state index contributed by atoms with van der Waals surface area (Å²) in [6, 6.07) is 0. The van der Waals surface area contributed by atoms with E-state index >= 15 is 0 Å². The van der Waals surface area contributed by atoms with E-state index in [4.69, 9.17) is 18.9 Å². The average molecular weight is 371 g/mol. The minimum Gasteiger partial charge on any atom is -0.379 e. The second kappa shape index (κ2) is 11.0. The molecule has 2 saturated carbocycles. The second-order valence-electron chi connectivity index (χ2n) is 8.88. The number of hydrogen-bond donors (Lipinski definition) is 0. The quantitative estimate of drug-likeness (QED) is 0.589. The summed E-state index contributed by atoms with van der Waals surface area (Å²) < 4.78 is 22.5. The van der Waals surface area contributed by atoms with E-state index in [1.807, 2.05) is 28.4 Å². The van der Waals surface area contributed by atoms with E-state index in [0.29, 0.717) is 0 Å². The first kappa shape index (κ1) is 22.1. The molecule has 6 unspecified atom stereocenters. The molecule has 0 saturated heterocycles. The van der Waals surface area contributed by atoms with Crippen molar-refractivity contribution in [1.82, 2.24) is 0 Å². The van der Waals surface area contributed by atoms with Crippen molar-refractivity contribution in [1.29, 1.82) is 0 Å². The molecule has 0 aliphatic heterocycles. The van der Waals surface area contributed by atoms with Crippen LogP contribution in [0.15, 0.2) is 0 Å². The topological polar surface area (TPSA) is 36.9 Å². The molecule has 0 heterocycles. The molecule has 0 spiro atoms. The standard InChI is InChI=1S/C22H42O4/c1-15(11-17-7-9-19(23-3)21(13-17)25-5)16(2)12-18-8-10-20(24-4)22(14-18)26-6/h15-22H,7-14H2,1-6H3/t15-,16+,17?,18?,19?,20?,21?,22?. The van der Waals surface area contributed by atoms with Crippen LogP contribution in [0.1, 0.15) is 65.2 Å². The van der Waals surface area contributed by atoms with Crippen molar-refractivity contribution in [2.24, 2.45) is 23.7 Å². The summed E-state index contributed by atoms with van der Waals surface area (Å²) in [6.07, 6.45) is 10.9. The first-order chi connectivity index (χ1) is 12.5. The SMILES string of the molecule is COC1CCC(C[C@@H](C)[C@@H](C)CC2CCC(OC)C(OC)C2)CC1OC. The highest BCUT2D eigenvalue weighted by Gasteiger charge is 2.34. The lowest BCUT2D eigenvalue weighted by molar-refractivity contribution is -0.0757. The van der Waals surface area contributed by atoms with Crippen molar-refractivity contribution in [3.63, 3.8) is 0 Å². The third kappa shape index (κ3) is 5.92.